The zero-order valence-electron chi connectivity index (χ0n) is 33.1. The molecule has 2 bridgehead atoms. The molecule has 3 aliphatic carbocycles. The Morgan fingerprint density at radius 3 is 2.19 bits per heavy atom. The summed E-state index contributed by atoms with van der Waals surface area (Å²) in [7, 11) is 1.07. The standard InChI is InChI=1S/C39H60BN5O7/c1-12-30(40-51-29-18-25-17-28(38(25,8)9)39(29,10)52-40)41-32(46)27-19-26(50-35(49)44-20-23-15-13-14-16-24(23)21-44)22-45(27)33(47)31(36(2,3)4)42-34(48)43(11)37(5,6)7/h13-16,25-31H,12,17-22H2,1-11H3,(H,41,46)(H,42,48)/t25-,26+,27-,28-,29+,30-,31+,39-/m0/s1. The minimum absolute atomic E-state index is 0.0204. The van der Waals surface area contributed by atoms with Crippen molar-refractivity contribution in [2.75, 3.05) is 13.6 Å². The zero-order chi connectivity index (χ0) is 38.1. The number of nitrogens with zero attached hydrogens (tertiary/aromatic N) is 3. The topological polar surface area (TPSA) is 130 Å². The zero-order valence-corrected chi connectivity index (χ0v) is 33.1. The van der Waals surface area contributed by atoms with Crippen LogP contribution in [-0.4, -0.2) is 101 Å². The summed E-state index contributed by atoms with van der Waals surface area (Å²) in [5, 5.41) is 6.14. The van der Waals surface area contributed by atoms with Crippen LogP contribution in [0.5, 0.6) is 0 Å². The highest BCUT2D eigenvalue weighted by molar-refractivity contribution is 6.47. The molecule has 1 aromatic rings. The molecule has 0 spiro atoms. The molecule has 1 aromatic carbocycles. The largest absolute Gasteiger partial charge is 0.481 e. The van der Waals surface area contributed by atoms with Crippen molar-refractivity contribution in [2.45, 2.75) is 149 Å². The monoisotopic (exact) mass is 721 g/mol. The first-order valence-corrected chi connectivity index (χ1v) is 19.2. The maximum absolute atomic E-state index is 14.6. The van der Waals surface area contributed by atoms with Gasteiger partial charge in [0, 0.05) is 32.1 Å². The van der Waals surface area contributed by atoms with E-state index in [1.807, 2.05) is 72.7 Å². The highest BCUT2D eigenvalue weighted by Gasteiger charge is 2.68. The fourth-order valence-electron chi connectivity index (χ4n) is 9.11. The van der Waals surface area contributed by atoms with Crippen LogP contribution >= 0.6 is 0 Å². The van der Waals surface area contributed by atoms with Gasteiger partial charge in [0.15, 0.2) is 0 Å². The molecule has 5 amide bonds. The molecule has 0 radical (unpaired) electrons. The average molecular weight is 722 g/mol. The Kier molecular flexibility index (Phi) is 9.98. The van der Waals surface area contributed by atoms with Crippen LogP contribution in [0, 0.1) is 22.7 Å². The van der Waals surface area contributed by atoms with Gasteiger partial charge < -0.3 is 34.5 Å². The number of benzene rings is 1. The van der Waals surface area contributed by atoms with E-state index in [-0.39, 0.29) is 30.4 Å². The summed E-state index contributed by atoms with van der Waals surface area (Å²) in [6, 6.07) is 5.60. The minimum atomic E-state index is -0.955. The van der Waals surface area contributed by atoms with Crippen LogP contribution in [0.15, 0.2) is 24.3 Å². The highest BCUT2D eigenvalue weighted by atomic mass is 16.7. The second kappa shape index (κ2) is 13.5. The Morgan fingerprint density at radius 1 is 1.00 bits per heavy atom. The van der Waals surface area contributed by atoms with Crippen molar-refractivity contribution >= 4 is 31.1 Å². The Hall–Kier alpha value is -3.32. The Morgan fingerprint density at radius 2 is 1.63 bits per heavy atom. The van der Waals surface area contributed by atoms with Crippen LogP contribution in [0.2, 0.25) is 0 Å². The van der Waals surface area contributed by atoms with Gasteiger partial charge >= 0.3 is 19.2 Å². The maximum atomic E-state index is 14.6. The van der Waals surface area contributed by atoms with Crippen molar-refractivity contribution in [3.63, 3.8) is 0 Å². The van der Waals surface area contributed by atoms with Crippen LogP contribution in [-0.2, 0) is 36.7 Å². The molecule has 0 unspecified atom stereocenters. The third-order valence-electron chi connectivity index (χ3n) is 13.0. The van der Waals surface area contributed by atoms with Crippen molar-refractivity contribution in [2.24, 2.45) is 22.7 Å². The van der Waals surface area contributed by atoms with Gasteiger partial charge in [-0.1, -0.05) is 65.8 Å². The number of nitrogens with one attached hydrogen (secondary N) is 2. The molecule has 12 nitrogen and oxygen atoms in total. The molecule has 7 rings (SSSR count). The van der Waals surface area contributed by atoms with E-state index in [9.17, 15) is 19.2 Å². The predicted octanol–water partition coefficient (Wildman–Crippen LogP) is 5.13. The Bertz CT molecular complexity index is 1550. The lowest BCUT2D eigenvalue weighted by Crippen LogP contribution is -2.65. The molecule has 2 N–H and O–H groups in total. The summed E-state index contributed by atoms with van der Waals surface area (Å²) in [6.07, 6.45) is 1.50. The SMILES string of the molecule is CC[C@H](NC(=O)[C@@H]1C[C@@H](OC(=O)N2Cc3ccccc3C2)CN1C(=O)[C@@H](NC(=O)N(C)C(C)(C)C)C(C)(C)C)B1O[C@@H]2C[C@@H]3C[C@@H](C3(C)C)[C@]2(C)O1. The van der Waals surface area contributed by atoms with E-state index in [4.69, 9.17) is 14.0 Å². The first-order chi connectivity index (χ1) is 24.1. The third kappa shape index (κ3) is 6.92. The van der Waals surface area contributed by atoms with Crippen molar-refractivity contribution < 1.29 is 33.2 Å². The number of rotatable bonds is 7. The van der Waals surface area contributed by atoms with E-state index in [0.717, 1.165) is 24.0 Å². The van der Waals surface area contributed by atoms with E-state index < -0.39 is 65.8 Å². The van der Waals surface area contributed by atoms with E-state index in [2.05, 4.69) is 31.4 Å². The maximum Gasteiger partial charge on any atom is 0.481 e. The average Bonchev–Trinajstić information content (AvgIpc) is 3.78. The molecule has 52 heavy (non-hydrogen) atoms. The van der Waals surface area contributed by atoms with Crippen LogP contribution < -0.4 is 10.6 Å². The summed E-state index contributed by atoms with van der Waals surface area (Å²) < 4.78 is 19.3. The van der Waals surface area contributed by atoms with Gasteiger partial charge in [-0.3, -0.25) is 14.5 Å². The molecular weight excluding hydrogens is 661 g/mol. The molecule has 3 saturated carbocycles. The number of hydrogen-bond donors (Lipinski definition) is 2. The van der Waals surface area contributed by atoms with Gasteiger partial charge in [-0.05, 0) is 80.8 Å². The minimum Gasteiger partial charge on any atom is -0.444 e. The fourth-order valence-corrected chi connectivity index (χ4v) is 9.11. The molecule has 3 aliphatic heterocycles. The highest BCUT2D eigenvalue weighted by Crippen LogP contribution is 2.65. The fraction of sp³-hybridized carbons (Fsp3) is 0.744. The molecule has 3 heterocycles. The first-order valence-electron chi connectivity index (χ1n) is 19.2. The van der Waals surface area contributed by atoms with Gasteiger partial charge in [0.05, 0.1) is 24.2 Å². The number of ether oxygens (including phenoxy) is 1. The van der Waals surface area contributed by atoms with E-state index in [1.165, 1.54) is 4.90 Å². The number of carbonyl (C=O) groups excluding carboxylic acids is 4. The smallest absolute Gasteiger partial charge is 0.444 e. The summed E-state index contributed by atoms with van der Waals surface area (Å²) in [5.41, 5.74) is 0.721. The number of carbonyl (C=O) groups is 4. The lowest BCUT2D eigenvalue weighted by atomic mass is 9.43. The molecule has 8 atom stereocenters. The number of likely N-dealkylation sites (tertiary alicyclic amines) is 1. The molecule has 6 aliphatic rings. The van der Waals surface area contributed by atoms with E-state index in [1.54, 1.807) is 16.8 Å². The van der Waals surface area contributed by atoms with E-state index >= 15 is 0 Å². The van der Waals surface area contributed by atoms with Crippen molar-refractivity contribution in [1.29, 1.82) is 0 Å². The van der Waals surface area contributed by atoms with Gasteiger partial charge in [-0.25, -0.2) is 9.59 Å². The van der Waals surface area contributed by atoms with Crippen LogP contribution in [0.1, 0.15) is 106 Å². The van der Waals surface area contributed by atoms with Crippen LogP contribution in [0.3, 0.4) is 0 Å². The Labute approximate surface area is 310 Å². The van der Waals surface area contributed by atoms with Gasteiger partial charge in [-0.2, -0.15) is 0 Å². The van der Waals surface area contributed by atoms with Gasteiger partial charge in [-0.15, -0.1) is 0 Å². The van der Waals surface area contributed by atoms with Crippen LogP contribution in [0.25, 0.3) is 0 Å². The lowest BCUT2D eigenvalue weighted by molar-refractivity contribution is -0.199. The lowest BCUT2D eigenvalue weighted by Gasteiger charge is -2.64. The number of urea groups is 1. The molecular formula is C39H60BN5O7. The van der Waals surface area contributed by atoms with Crippen molar-refractivity contribution in [1.82, 2.24) is 25.3 Å². The van der Waals surface area contributed by atoms with Gasteiger partial charge in [0.1, 0.15) is 18.2 Å². The Balaban J connectivity index is 1.20. The molecule has 0 aromatic heterocycles. The van der Waals surface area contributed by atoms with Crippen molar-refractivity contribution in [3.05, 3.63) is 35.4 Å². The third-order valence-corrected chi connectivity index (χ3v) is 13.0. The van der Waals surface area contributed by atoms with Crippen molar-refractivity contribution in [3.8, 4) is 0 Å². The number of fused-ring (bicyclic) bond motifs is 1. The molecule has 2 saturated heterocycles. The summed E-state index contributed by atoms with van der Waals surface area (Å²) in [5.74, 6) is -0.243. The number of hydrogen-bond acceptors (Lipinski definition) is 7. The molecule has 286 valence electrons. The number of amides is 5. The molecule has 13 heteroatoms. The normalized spacial score (nSPS) is 30.1. The summed E-state index contributed by atoms with van der Waals surface area (Å²) in [6.45, 7) is 21.1. The predicted molar refractivity (Wildman–Crippen MR) is 198 cm³/mol. The van der Waals surface area contributed by atoms with E-state index in [0.29, 0.717) is 31.3 Å². The first kappa shape index (κ1) is 38.4. The van der Waals surface area contributed by atoms with Gasteiger partial charge in [0.25, 0.3) is 0 Å². The second-order valence-corrected chi connectivity index (χ2v) is 18.7. The van der Waals surface area contributed by atoms with Gasteiger partial charge in [0.2, 0.25) is 11.8 Å². The summed E-state index contributed by atoms with van der Waals surface area (Å²) in [4.78, 5) is 60.5. The summed E-state index contributed by atoms with van der Waals surface area (Å²) >= 11 is 0. The molecule has 5 fully saturated rings. The van der Waals surface area contributed by atoms with Crippen LogP contribution in [0.4, 0.5) is 9.59 Å². The second-order valence-electron chi connectivity index (χ2n) is 18.7. The quantitative estimate of drug-likeness (QED) is 0.374.